The highest BCUT2D eigenvalue weighted by atomic mass is 32.2. The minimum Gasteiger partial charge on any atom is -0.493 e. The Bertz CT molecular complexity index is 579. The van der Waals surface area contributed by atoms with Crippen LogP contribution in [0.3, 0.4) is 0 Å². The monoisotopic (exact) mass is 359 g/mol. The van der Waals surface area contributed by atoms with Gasteiger partial charge in [-0.25, -0.2) is 0 Å². The van der Waals surface area contributed by atoms with Crippen molar-refractivity contribution in [2.75, 3.05) is 19.4 Å². The largest absolute Gasteiger partial charge is 0.493 e. The molecule has 0 aliphatic carbocycles. The van der Waals surface area contributed by atoms with Crippen molar-refractivity contribution in [2.45, 2.75) is 18.9 Å². The van der Waals surface area contributed by atoms with Crippen LogP contribution < -0.4 is 14.8 Å². The fraction of sp³-hybridized carbons (Fsp3) is 0.375. The lowest BCUT2D eigenvalue weighted by Gasteiger charge is -2.12. The quantitative estimate of drug-likeness (QED) is 0.638. The zero-order valence-electron chi connectivity index (χ0n) is 12.8. The Hall–Kier alpha value is -1.31. The number of benzene rings is 1. The number of rotatable bonds is 10. The van der Waals surface area contributed by atoms with E-state index in [1.165, 1.54) is 12.0 Å². The third-order valence-electron chi connectivity index (χ3n) is 3.02. The molecule has 0 saturated heterocycles. The van der Waals surface area contributed by atoms with E-state index in [4.69, 9.17) is 4.74 Å². The molecule has 0 spiro atoms. The Morgan fingerprint density at radius 3 is 2.83 bits per heavy atom. The Balaban J connectivity index is 1.72. The average molecular weight is 359 g/mol. The van der Waals surface area contributed by atoms with Gasteiger partial charge in [-0.05, 0) is 29.1 Å². The highest BCUT2D eigenvalue weighted by molar-refractivity contribution is 7.98. The van der Waals surface area contributed by atoms with Crippen LogP contribution in [0.15, 0.2) is 35.7 Å². The number of thioether (sulfide) groups is 1. The molecule has 2 rings (SSSR count). The number of thiophene rings is 1. The van der Waals surface area contributed by atoms with E-state index in [1.54, 1.807) is 23.5 Å². The molecule has 7 heteroatoms. The molecule has 0 amide bonds. The fourth-order valence-electron chi connectivity index (χ4n) is 1.96. The molecular weight excluding hydrogens is 340 g/mol. The Morgan fingerprint density at radius 1 is 1.26 bits per heavy atom. The van der Waals surface area contributed by atoms with Crippen LogP contribution in [-0.2, 0) is 12.3 Å². The van der Waals surface area contributed by atoms with Gasteiger partial charge < -0.3 is 14.8 Å². The van der Waals surface area contributed by atoms with Gasteiger partial charge in [-0.3, -0.25) is 0 Å². The van der Waals surface area contributed by atoms with Gasteiger partial charge in [0.05, 0.1) is 7.11 Å². The van der Waals surface area contributed by atoms with Gasteiger partial charge in [0.15, 0.2) is 11.5 Å². The number of methoxy groups -OCH3 is 1. The number of alkyl halides is 2. The van der Waals surface area contributed by atoms with Gasteiger partial charge in [-0.15, -0.1) is 11.3 Å². The Kier molecular flexibility index (Phi) is 7.64. The molecule has 126 valence electrons. The first-order valence-corrected chi connectivity index (χ1v) is 9.15. The topological polar surface area (TPSA) is 30.5 Å². The highest BCUT2D eigenvalue weighted by Gasteiger charge is 2.11. The van der Waals surface area contributed by atoms with Crippen molar-refractivity contribution in [2.24, 2.45) is 0 Å². The summed E-state index contributed by atoms with van der Waals surface area (Å²) in [7, 11) is 1.43. The second kappa shape index (κ2) is 9.75. The smallest absolute Gasteiger partial charge is 0.387 e. The first-order valence-electron chi connectivity index (χ1n) is 7.11. The van der Waals surface area contributed by atoms with Gasteiger partial charge in [0.1, 0.15) is 0 Å². The van der Waals surface area contributed by atoms with Crippen molar-refractivity contribution in [3.8, 4) is 11.5 Å². The van der Waals surface area contributed by atoms with Crippen LogP contribution in [0.2, 0.25) is 0 Å². The lowest BCUT2D eigenvalue weighted by Crippen LogP contribution is -2.16. The van der Waals surface area contributed by atoms with E-state index in [0.717, 1.165) is 23.6 Å². The van der Waals surface area contributed by atoms with Crippen molar-refractivity contribution in [1.29, 1.82) is 0 Å². The first kappa shape index (κ1) is 18.0. The zero-order chi connectivity index (χ0) is 16.5. The maximum Gasteiger partial charge on any atom is 0.387 e. The van der Waals surface area contributed by atoms with E-state index in [2.05, 4.69) is 27.6 Å². The zero-order valence-corrected chi connectivity index (χ0v) is 14.4. The van der Waals surface area contributed by atoms with Crippen LogP contribution in [0.1, 0.15) is 10.4 Å². The van der Waals surface area contributed by atoms with Crippen molar-refractivity contribution < 1.29 is 18.3 Å². The lowest BCUT2D eigenvalue weighted by atomic mass is 10.2. The molecule has 1 aromatic heterocycles. The molecule has 1 heterocycles. The van der Waals surface area contributed by atoms with E-state index in [1.807, 2.05) is 17.8 Å². The molecule has 3 nitrogen and oxygen atoms in total. The molecule has 0 aliphatic rings. The number of ether oxygens (including phenoxy) is 2. The minimum atomic E-state index is -2.86. The number of halogens is 2. The molecule has 0 atom stereocenters. The van der Waals surface area contributed by atoms with Gasteiger partial charge in [0.2, 0.25) is 0 Å². The summed E-state index contributed by atoms with van der Waals surface area (Å²) >= 11 is 3.63. The van der Waals surface area contributed by atoms with E-state index in [0.29, 0.717) is 12.3 Å². The van der Waals surface area contributed by atoms with Crippen molar-refractivity contribution >= 4 is 23.1 Å². The third kappa shape index (κ3) is 6.37. The van der Waals surface area contributed by atoms with Crippen molar-refractivity contribution in [3.05, 3.63) is 46.2 Å². The van der Waals surface area contributed by atoms with E-state index < -0.39 is 6.61 Å². The molecule has 0 unspecified atom stereocenters. The van der Waals surface area contributed by atoms with Gasteiger partial charge in [0.25, 0.3) is 0 Å². The molecule has 23 heavy (non-hydrogen) atoms. The van der Waals surface area contributed by atoms with Crippen LogP contribution in [0.5, 0.6) is 11.5 Å². The van der Waals surface area contributed by atoms with E-state index >= 15 is 0 Å². The van der Waals surface area contributed by atoms with Gasteiger partial charge >= 0.3 is 6.61 Å². The number of hydrogen-bond acceptors (Lipinski definition) is 5. The number of hydrogen-bond donors (Lipinski definition) is 1. The summed E-state index contributed by atoms with van der Waals surface area (Å²) in [6, 6.07) is 9.24. The summed E-state index contributed by atoms with van der Waals surface area (Å²) in [6.45, 7) is -1.41. The highest BCUT2D eigenvalue weighted by Crippen LogP contribution is 2.29. The molecule has 0 aliphatic heterocycles. The van der Waals surface area contributed by atoms with E-state index in [-0.39, 0.29) is 5.75 Å². The van der Waals surface area contributed by atoms with Gasteiger partial charge in [0, 0.05) is 29.5 Å². The molecule has 0 saturated carbocycles. The van der Waals surface area contributed by atoms with Crippen LogP contribution >= 0.6 is 23.1 Å². The Labute approximate surface area is 143 Å². The molecule has 2 aromatic rings. The molecule has 0 bridgehead atoms. The summed E-state index contributed by atoms with van der Waals surface area (Å²) in [5, 5.41) is 5.38. The molecule has 1 N–H and O–H groups in total. The van der Waals surface area contributed by atoms with Crippen LogP contribution in [-0.4, -0.2) is 26.0 Å². The number of nitrogens with one attached hydrogen (secondary N) is 1. The summed E-state index contributed by atoms with van der Waals surface area (Å²) in [5.74, 6) is 2.39. The van der Waals surface area contributed by atoms with Gasteiger partial charge in [-0.2, -0.15) is 20.5 Å². The Morgan fingerprint density at radius 2 is 2.13 bits per heavy atom. The summed E-state index contributed by atoms with van der Waals surface area (Å²) in [6.07, 6.45) is 0. The maximum absolute atomic E-state index is 12.4. The van der Waals surface area contributed by atoms with Gasteiger partial charge in [-0.1, -0.05) is 12.1 Å². The van der Waals surface area contributed by atoms with Crippen LogP contribution in [0.25, 0.3) is 0 Å². The summed E-state index contributed by atoms with van der Waals surface area (Å²) in [5.41, 5.74) is 0.879. The summed E-state index contributed by atoms with van der Waals surface area (Å²) in [4.78, 5) is 1.37. The maximum atomic E-state index is 12.4. The standard InChI is InChI=1S/C16H19F2NO2S2/c1-20-14-5-4-12(9-15(14)21-16(17)18)10-19-6-8-22-11-13-3-2-7-23-13/h2-5,7,9,16,19H,6,8,10-11H2,1H3. The predicted octanol–water partition coefficient (Wildman–Crippen LogP) is 4.38. The van der Waals surface area contributed by atoms with Crippen LogP contribution in [0.4, 0.5) is 8.78 Å². The van der Waals surface area contributed by atoms with Crippen molar-refractivity contribution in [3.63, 3.8) is 0 Å². The fourth-order valence-corrected chi connectivity index (χ4v) is 3.71. The van der Waals surface area contributed by atoms with E-state index in [9.17, 15) is 8.78 Å². The molecule has 0 fully saturated rings. The first-order chi connectivity index (χ1) is 11.2. The second-order valence-electron chi connectivity index (χ2n) is 4.67. The minimum absolute atomic E-state index is 0.0638. The summed E-state index contributed by atoms with van der Waals surface area (Å²) < 4.78 is 34.2. The average Bonchev–Trinajstić information content (AvgIpc) is 3.04. The third-order valence-corrected chi connectivity index (χ3v) is 5.09. The van der Waals surface area contributed by atoms with Crippen molar-refractivity contribution in [1.82, 2.24) is 5.32 Å². The van der Waals surface area contributed by atoms with Crippen LogP contribution in [0, 0.1) is 0 Å². The second-order valence-corrected chi connectivity index (χ2v) is 6.81. The SMILES string of the molecule is COc1ccc(CNCCSCc2cccs2)cc1OC(F)F. The normalized spacial score (nSPS) is 11.0. The molecule has 1 aromatic carbocycles. The predicted molar refractivity (Wildman–Crippen MR) is 91.8 cm³/mol. The lowest BCUT2D eigenvalue weighted by molar-refractivity contribution is -0.0512. The molecular formula is C16H19F2NO2S2. The molecule has 0 radical (unpaired) electrons.